The van der Waals surface area contributed by atoms with Crippen molar-refractivity contribution in [2.75, 3.05) is 36.3 Å². The lowest BCUT2D eigenvalue weighted by Crippen LogP contribution is -2.37. The molecule has 1 amide bonds. The van der Waals surface area contributed by atoms with Gasteiger partial charge in [0.05, 0.1) is 24.4 Å². The van der Waals surface area contributed by atoms with Crippen LogP contribution in [0.3, 0.4) is 0 Å². The topological polar surface area (TPSA) is 178 Å². The number of nitrogen functional groups attached to an aromatic ring is 1. The van der Waals surface area contributed by atoms with E-state index in [4.69, 9.17) is 26.4 Å². The van der Waals surface area contributed by atoms with E-state index in [0.717, 1.165) is 30.2 Å². The van der Waals surface area contributed by atoms with Crippen LogP contribution in [-0.2, 0) is 19.6 Å². The standard InChI is InChI=1S/C27H35N5O6S.2ClH/c1-3-37-25(33)17-39(35,36)32(13-5-7-19-6-4-8-20(15-19)26(28)29)23-16-22(27(30)34)24(14-18(23)2)38-21-9-11-31-12-10-21;;/h4-8,14-16,21,31H,3,9-13,17H2,1-2H3,(H3,28,29)(H2,30,34);2*1H/b7-5+;;. The quantitative estimate of drug-likeness (QED) is 0.157. The first kappa shape index (κ1) is 35.7. The summed E-state index contributed by atoms with van der Waals surface area (Å²) in [6, 6.07) is 9.89. The van der Waals surface area contributed by atoms with Gasteiger partial charge in [0.15, 0.2) is 5.75 Å². The van der Waals surface area contributed by atoms with Crippen LogP contribution < -0.4 is 25.8 Å². The Morgan fingerprint density at radius 1 is 1.15 bits per heavy atom. The zero-order valence-electron chi connectivity index (χ0n) is 22.9. The molecule has 1 saturated heterocycles. The Morgan fingerprint density at radius 2 is 1.83 bits per heavy atom. The summed E-state index contributed by atoms with van der Waals surface area (Å²) in [6.45, 7) is 4.74. The molecule has 0 unspecified atom stereocenters. The highest BCUT2D eigenvalue weighted by Crippen LogP contribution is 2.32. The number of nitrogens with zero attached hydrogens (tertiary/aromatic N) is 1. The van der Waals surface area contributed by atoms with Crippen LogP contribution in [0.5, 0.6) is 5.75 Å². The summed E-state index contributed by atoms with van der Waals surface area (Å²) in [5.41, 5.74) is 13.2. The van der Waals surface area contributed by atoms with Crippen LogP contribution >= 0.6 is 24.8 Å². The van der Waals surface area contributed by atoms with E-state index in [1.165, 1.54) is 6.07 Å². The molecule has 11 nitrogen and oxygen atoms in total. The summed E-state index contributed by atoms with van der Waals surface area (Å²) in [7, 11) is -4.23. The first-order valence-corrected chi connectivity index (χ1v) is 14.2. The number of hydrogen-bond donors (Lipinski definition) is 4. The van der Waals surface area contributed by atoms with E-state index in [1.54, 1.807) is 56.3 Å². The van der Waals surface area contributed by atoms with Gasteiger partial charge >= 0.3 is 5.97 Å². The van der Waals surface area contributed by atoms with Crippen LogP contribution in [0, 0.1) is 12.3 Å². The van der Waals surface area contributed by atoms with Crippen molar-refractivity contribution in [3.8, 4) is 5.75 Å². The summed E-state index contributed by atoms with van der Waals surface area (Å²) in [4.78, 5) is 24.5. The van der Waals surface area contributed by atoms with Crippen molar-refractivity contribution < 1.29 is 27.5 Å². The number of esters is 1. The molecule has 1 aliphatic rings. The van der Waals surface area contributed by atoms with Crippen molar-refractivity contribution in [2.24, 2.45) is 11.5 Å². The first-order valence-electron chi connectivity index (χ1n) is 12.6. The van der Waals surface area contributed by atoms with Crippen LogP contribution in [-0.4, -0.2) is 64.2 Å². The highest BCUT2D eigenvalue weighted by atomic mass is 35.5. The maximum absolute atomic E-state index is 13.4. The molecule has 1 heterocycles. The molecule has 3 rings (SSSR count). The Morgan fingerprint density at radius 3 is 2.44 bits per heavy atom. The summed E-state index contributed by atoms with van der Waals surface area (Å²) in [5, 5.41) is 10.9. The van der Waals surface area contributed by atoms with Gasteiger partial charge in [-0.05, 0) is 69.1 Å². The number of amidine groups is 1. The Labute approximate surface area is 253 Å². The number of sulfonamides is 1. The fraction of sp³-hybridized carbons (Fsp3) is 0.370. The number of carbonyl (C=O) groups is 2. The molecule has 0 spiro atoms. The van der Waals surface area contributed by atoms with Crippen LogP contribution in [0.2, 0.25) is 0 Å². The minimum Gasteiger partial charge on any atom is -0.489 e. The summed E-state index contributed by atoms with van der Waals surface area (Å²) in [6.07, 6.45) is 4.69. The third-order valence-electron chi connectivity index (χ3n) is 6.13. The number of halogens is 2. The van der Waals surface area contributed by atoms with Crippen molar-refractivity contribution in [2.45, 2.75) is 32.8 Å². The normalized spacial score (nSPS) is 13.5. The number of aryl methyl sites for hydroxylation is 1. The number of rotatable bonds is 12. The predicted molar refractivity (Wildman–Crippen MR) is 165 cm³/mol. The predicted octanol–water partition coefficient (Wildman–Crippen LogP) is 2.77. The lowest BCUT2D eigenvalue weighted by atomic mass is 10.1. The van der Waals surface area contributed by atoms with Gasteiger partial charge in [-0.2, -0.15) is 0 Å². The molecule has 14 heteroatoms. The molecule has 0 radical (unpaired) electrons. The first-order chi connectivity index (χ1) is 18.5. The zero-order valence-corrected chi connectivity index (χ0v) is 25.4. The number of anilines is 1. The van der Waals surface area contributed by atoms with Crippen molar-refractivity contribution in [3.05, 3.63) is 64.7 Å². The van der Waals surface area contributed by atoms with Gasteiger partial charge in [-0.25, -0.2) is 8.42 Å². The lowest BCUT2D eigenvalue weighted by molar-refractivity contribution is -0.139. The number of amides is 1. The second kappa shape index (κ2) is 16.2. The fourth-order valence-corrected chi connectivity index (χ4v) is 5.55. The number of nitrogens with two attached hydrogens (primary N) is 2. The summed E-state index contributed by atoms with van der Waals surface area (Å²) < 4.78 is 38.9. The van der Waals surface area contributed by atoms with Crippen LogP contribution in [0.1, 0.15) is 46.8 Å². The average Bonchev–Trinajstić information content (AvgIpc) is 2.87. The highest BCUT2D eigenvalue weighted by Gasteiger charge is 2.29. The second-order valence-corrected chi connectivity index (χ2v) is 11.0. The Kier molecular flexibility index (Phi) is 14.1. The summed E-state index contributed by atoms with van der Waals surface area (Å²) in [5.74, 6) is -2.34. The van der Waals surface area contributed by atoms with E-state index in [2.05, 4.69) is 5.32 Å². The van der Waals surface area contributed by atoms with E-state index in [-0.39, 0.29) is 66.9 Å². The van der Waals surface area contributed by atoms with Crippen molar-refractivity contribution >= 4 is 64.3 Å². The van der Waals surface area contributed by atoms with Crippen molar-refractivity contribution in [1.82, 2.24) is 5.32 Å². The molecule has 1 aliphatic heterocycles. The minimum atomic E-state index is -4.23. The zero-order chi connectivity index (χ0) is 28.6. The van der Waals surface area contributed by atoms with E-state index in [0.29, 0.717) is 16.7 Å². The molecule has 1 fully saturated rings. The van der Waals surface area contributed by atoms with Gasteiger partial charge in [-0.15, -0.1) is 24.8 Å². The molecule has 6 N–H and O–H groups in total. The molecule has 0 aromatic heterocycles. The van der Waals surface area contributed by atoms with Gasteiger partial charge in [-0.1, -0.05) is 30.4 Å². The molecular weight excluding hydrogens is 593 g/mol. The van der Waals surface area contributed by atoms with Gasteiger partial charge in [0.25, 0.3) is 5.91 Å². The van der Waals surface area contributed by atoms with Crippen LogP contribution in [0.4, 0.5) is 5.69 Å². The molecule has 0 aliphatic carbocycles. The number of piperidine rings is 1. The molecular formula is C27H37Cl2N5O6S. The maximum atomic E-state index is 13.4. The Balaban J connectivity index is 0.00000420. The third kappa shape index (κ3) is 9.92. The van der Waals surface area contributed by atoms with E-state index in [9.17, 15) is 18.0 Å². The highest BCUT2D eigenvalue weighted by molar-refractivity contribution is 7.93. The number of ether oxygens (including phenoxy) is 2. The number of hydrogen-bond acceptors (Lipinski definition) is 8. The van der Waals surface area contributed by atoms with Crippen molar-refractivity contribution in [1.29, 1.82) is 5.41 Å². The van der Waals surface area contributed by atoms with E-state index in [1.807, 2.05) is 0 Å². The monoisotopic (exact) mass is 629 g/mol. The minimum absolute atomic E-state index is 0. The Bertz CT molecular complexity index is 1360. The van der Waals surface area contributed by atoms with Gasteiger partial charge in [-0.3, -0.25) is 19.3 Å². The van der Waals surface area contributed by atoms with Gasteiger partial charge < -0.3 is 26.3 Å². The van der Waals surface area contributed by atoms with E-state index < -0.39 is 27.7 Å². The number of nitrogens with one attached hydrogen (secondary N) is 2. The number of carbonyl (C=O) groups excluding carboxylic acids is 2. The summed E-state index contributed by atoms with van der Waals surface area (Å²) >= 11 is 0. The molecule has 226 valence electrons. The molecule has 0 bridgehead atoms. The fourth-order valence-electron chi connectivity index (χ4n) is 4.21. The molecule has 2 aromatic carbocycles. The largest absolute Gasteiger partial charge is 0.489 e. The maximum Gasteiger partial charge on any atom is 0.323 e. The molecule has 0 atom stereocenters. The smallest absolute Gasteiger partial charge is 0.323 e. The Hall–Kier alpha value is -3.32. The lowest BCUT2D eigenvalue weighted by Gasteiger charge is -2.28. The number of benzene rings is 2. The van der Waals surface area contributed by atoms with E-state index >= 15 is 0 Å². The molecule has 0 saturated carbocycles. The number of primary amides is 1. The molecule has 2 aromatic rings. The van der Waals surface area contributed by atoms with Crippen LogP contribution in [0.15, 0.2) is 42.5 Å². The molecule has 41 heavy (non-hydrogen) atoms. The van der Waals surface area contributed by atoms with Gasteiger partial charge in [0.2, 0.25) is 10.0 Å². The second-order valence-electron chi connectivity index (χ2n) is 9.10. The van der Waals surface area contributed by atoms with Crippen molar-refractivity contribution in [3.63, 3.8) is 0 Å². The van der Waals surface area contributed by atoms with Gasteiger partial charge in [0.1, 0.15) is 17.7 Å². The van der Waals surface area contributed by atoms with Crippen LogP contribution in [0.25, 0.3) is 6.08 Å². The average molecular weight is 631 g/mol. The third-order valence-corrected chi connectivity index (χ3v) is 7.75. The SMILES string of the molecule is CCOC(=O)CS(=O)(=O)N(C/C=C/c1cccc(C(=N)N)c1)c1cc(C(N)=O)c(OC2CCNCC2)cc1C.Cl.Cl. The van der Waals surface area contributed by atoms with Gasteiger partial charge in [0, 0.05) is 5.56 Å².